The van der Waals surface area contributed by atoms with E-state index >= 15 is 0 Å². The highest BCUT2D eigenvalue weighted by Crippen LogP contribution is 2.33. The van der Waals surface area contributed by atoms with Gasteiger partial charge in [-0.1, -0.05) is 108 Å². The number of hydrazine groups is 1. The van der Waals surface area contributed by atoms with Crippen LogP contribution in [0.2, 0.25) is 10.0 Å². The summed E-state index contributed by atoms with van der Waals surface area (Å²) in [6, 6.07) is 23.6. The zero-order valence-corrected chi connectivity index (χ0v) is 27.2. The summed E-state index contributed by atoms with van der Waals surface area (Å²) in [5.74, 6) is -3.66. The van der Waals surface area contributed by atoms with Gasteiger partial charge in [0.25, 0.3) is 5.91 Å². The molecule has 1 amide bonds. The first-order valence-corrected chi connectivity index (χ1v) is 16.8. The number of sulfonamides is 1. The van der Waals surface area contributed by atoms with Crippen LogP contribution in [-0.2, 0) is 50.2 Å². The second-order valence-electron chi connectivity index (χ2n) is 11.1. The Balaban J connectivity index is 1.60. The van der Waals surface area contributed by atoms with Gasteiger partial charge in [-0.2, -0.15) is 4.31 Å². The van der Waals surface area contributed by atoms with Gasteiger partial charge in [0.15, 0.2) is 0 Å². The first-order chi connectivity index (χ1) is 22.5. The molecule has 13 heteroatoms. The maximum atomic E-state index is 14.7. The number of halogens is 2. The lowest BCUT2D eigenvalue weighted by atomic mass is 9.94. The fourth-order valence-corrected chi connectivity index (χ4v) is 7.48. The molecule has 0 fully saturated rings. The minimum atomic E-state index is -4.42. The third kappa shape index (κ3) is 7.83. The van der Waals surface area contributed by atoms with Gasteiger partial charge >= 0.3 is 11.9 Å². The fourth-order valence-electron chi connectivity index (χ4n) is 5.53. The van der Waals surface area contributed by atoms with Crippen molar-refractivity contribution in [2.75, 3.05) is 0 Å². The van der Waals surface area contributed by atoms with Gasteiger partial charge in [-0.15, -0.1) is 0 Å². The van der Waals surface area contributed by atoms with Crippen LogP contribution in [-0.4, -0.2) is 63.9 Å². The monoisotopic (exact) mass is 695 g/mol. The van der Waals surface area contributed by atoms with Gasteiger partial charge in [-0.3, -0.25) is 14.6 Å². The van der Waals surface area contributed by atoms with E-state index in [9.17, 15) is 33.0 Å². The van der Waals surface area contributed by atoms with Crippen molar-refractivity contribution in [1.29, 1.82) is 0 Å². The minimum Gasteiger partial charge on any atom is -0.480 e. The Hall–Kier alpha value is -4.26. The van der Waals surface area contributed by atoms with Gasteiger partial charge in [0.1, 0.15) is 18.1 Å². The summed E-state index contributed by atoms with van der Waals surface area (Å²) in [5, 5.41) is 21.6. The maximum absolute atomic E-state index is 14.7. The molecular weight excluding hydrogens is 665 g/mol. The zero-order valence-electron chi connectivity index (χ0n) is 24.9. The Kier molecular flexibility index (Phi) is 10.6. The number of carboxylic acids is 2. The van der Waals surface area contributed by atoms with Gasteiger partial charge in [0.2, 0.25) is 10.0 Å². The average molecular weight is 697 g/mol. The van der Waals surface area contributed by atoms with Crippen LogP contribution in [0.1, 0.15) is 22.3 Å². The van der Waals surface area contributed by atoms with Crippen LogP contribution in [0.15, 0.2) is 108 Å². The van der Waals surface area contributed by atoms with E-state index in [4.69, 9.17) is 23.2 Å². The summed E-state index contributed by atoms with van der Waals surface area (Å²) in [4.78, 5) is 39.9. The molecule has 5 rings (SSSR count). The summed E-state index contributed by atoms with van der Waals surface area (Å²) < 4.78 is 29.4. The highest BCUT2D eigenvalue weighted by Gasteiger charge is 2.45. The van der Waals surface area contributed by atoms with Gasteiger partial charge in [-0.25, -0.2) is 18.6 Å². The molecule has 4 aromatic carbocycles. The summed E-state index contributed by atoms with van der Waals surface area (Å²) in [7, 11) is -4.42. The van der Waals surface area contributed by atoms with Gasteiger partial charge in [-0.05, 0) is 46.9 Å². The lowest BCUT2D eigenvalue weighted by molar-refractivity contribution is -0.159. The molecule has 0 saturated heterocycles. The first kappa shape index (κ1) is 34.1. The molecule has 1 heterocycles. The Morgan fingerprint density at radius 1 is 0.787 bits per heavy atom. The molecule has 0 aromatic heterocycles. The van der Waals surface area contributed by atoms with Crippen molar-refractivity contribution in [3.8, 4) is 0 Å². The number of nitrogens with zero attached hydrogens (tertiary/aromatic N) is 2. The van der Waals surface area contributed by atoms with E-state index in [1.165, 1.54) is 18.2 Å². The molecule has 4 aromatic rings. The lowest BCUT2D eigenvalue weighted by Crippen LogP contribution is -2.64. The number of fused-ring (bicyclic) bond motifs is 1. The normalized spacial score (nSPS) is 16.1. The number of hydrogen-bond donors (Lipinski definition) is 3. The van der Waals surface area contributed by atoms with Crippen molar-refractivity contribution in [2.45, 2.75) is 48.8 Å². The molecule has 0 spiro atoms. The number of carboxylic acid groups (broad SMARTS) is 2. The summed E-state index contributed by atoms with van der Waals surface area (Å²) in [5.41, 5.74) is 5.25. The molecule has 0 saturated carbocycles. The predicted octanol–water partition coefficient (Wildman–Crippen LogP) is 4.83. The van der Waals surface area contributed by atoms with Crippen LogP contribution >= 0.6 is 23.2 Å². The molecule has 10 nitrogen and oxygen atoms in total. The molecule has 0 radical (unpaired) electrons. The highest BCUT2D eigenvalue weighted by molar-refractivity contribution is 7.89. The topological polar surface area (TPSA) is 144 Å². The molecule has 1 aliphatic heterocycles. The van der Waals surface area contributed by atoms with Crippen molar-refractivity contribution in [3.05, 3.63) is 135 Å². The third-order valence-corrected chi connectivity index (χ3v) is 10.6. The minimum absolute atomic E-state index is 0.00432. The quantitative estimate of drug-likeness (QED) is 0.179. The Labute approximate surface area is 282 Å². The van der Waals surface area contributed by atoms with Crippen molar-refractivity contribution in [3.63, 3.8) is 0 Å². The number of hydrogen-bond acceptors (Lipinski definition) is 6. The third-order valence-electron chi connectivity index (χ3n) is 7.97. The SMILES string of the molecule is O=C(O)C(Cc1ccccc1)NN(C(=O)[C@@H]1Cc2ccccc2CN1S(=O)(=O)c1ccc(Cl)c(Cl)c1)C(Cc1ccccc1)C(=O)O. The molecule has 244 valence electrons. The average Bonchev–Trinajstić information content (AvgIpc) is 3.06. The van der Waals surface area contributed by atoms with Crippen LogP contribution in [0.4, 0.5) is 0 Å². The summed E-state index contributed by atoms with van der Waals surface area (Å²) in [6.07, 6.45) is -0.367. The number of carbonyl (C=O) groups excluding carboxylic acids is 1. The predicted molar refractivity (Wildman–Crippen MR) is 176 cm³/mol. The van der Waals surface area contributed by atoms with E-state index < -0.39 is 46.0 Å². The second-order valence-corrected chi connectivity index (χ2v) is 13.8. The molecule has 3 N–H and O–H groups in total. The molecule has 0 aliphatic carbocycles. The first-order valence-electron chi connectivity index (χ1n) is 14.6. The molecular formula is C34H31Cl2N3O7S. The standard InChI is InChI=1S/C34H31Cl2N3O7S/c35-27-16-15-26(20-28(27)36)47(45,46)38-21-25-14-8-7-13-24(25)19-30(38)32(40)39(31(34(43)44)18-23-11-5-2-6-12-23)37-29(33(41)42)17-22-9-3-1-4-10-22/h1-16,20,29-31,37H,17-19,21H2,(H,41,42)(H,43,44)/t29?,30-,31?/m0/s1. The van der Waals surface area contributed by atoms with E-state index in [-0.39, 0.29) is 40.7 Å². The Bertz CT molecular complexity index is 1880. The Morgan fingerprint density at radius 3 is 1.94 bits per heavy atom. The van der Waals surface area contributed by atoms with Crippen molar-refractivity contribution >= 4 is 51.1 Å². The van der Waals surface area contributed by atoms with Crippen LogP contribution in [0, 0.1) is 0 Å². The van der Waals surface area contributed by atoms with Crippen LogP contribution in [0.25, 0.3) is 0 Å². The smallest absolute Gasteiger partial charge is 0.328 e. The van der Waals surface area contributed by atoms with Crippen molar-refractivity contribution in [2.24, 2.45) is 0 Å². The molecule has 0 bridgehead atoms. The van der Waals surface area contributed by atoms with Crippen LogP contribution in [0.3, 0.4) is 0 Å². The zero-order chi connectivity index (χ0) is 33.7. The van der Waals surface area contributed by atoms with E-state index in [1.54, 1.807) is 84.9 Å². The number of nitrogens with one attached hydrogen (secondary N) is 1. The number of aliphatic carboxylic acids is 2. The van der Waals surface area contributed by atoms with E-state index in [2.05, 4.69) is 5.43 Å². The second kappa shape index (κ2) is 14.7. The van der Waals surface area contributed by atoms with Crippen LogP contribution < -0.4 is 5.43 Å². The van der Waals surface area contributed by atoms with E-state index in [1.807, 2.05) is 0 Å². The fraction of sp³-hybridized carbons (Fsp3) is 0.206. The Morgan fingerprint density at radius 2 is 1.36 bits per heavy atom. The number of carbonyl (C=O) groups is 3. The molecule has 47 heavy (non-hydrogen) atoms. The summed E-state index contributed by atoms with van der Waals surface area (Å²) in [6.45, 7) is -0.203. The van der Waals surface area contributed by atoms with Gasteiger partial charge < -0.3 is 10.2 Å². The maximum Gasteiger partial charge on any atom is 0.328 e. The molecule has 2 unspecified atom stereocenters. The van der Waals surface area contributed by atoms with Crippen molar-refractivity contribution in [1.82, 2.24) is 14.7 Å². The number of benzene rings is 4. The van der Waals surface area contributed by atoms with E-state index in [0.29, 0.717) is 22.3 Å². The van der Waals surface area contributed by atoms with E-state index in [0.717, 1.165) is 9.31 Å². The number of rotatable bonds is 12. The largest absolute Gasteiger partial charge is 0.480 e. The molecule has 3 atom stereocenters. The van der Waals surface area contributed by atoms with Crippen molar-refractivity contribution < 1.29 is 33.0 Å². The van der Waals surface area contributed by atoms with Crippen LogP contribution in [0.5, 0.6) is 0 Å². The van der Waals surface area contributed by atoms with Gasteiger partial charge in [0.05, 0.1) is 14.9 Å². The summed E-state index contributed by atoms with van der Waals surface area (Å²) >= 11 is 12.2. The molecule has 1 aliphatic rings. The van der Waals surface area contributed by atoms with Gasteiger partial charge in [0, 0.05) is 19.4 Å². The highest BCUT2D eigenvalue weighted by atomic mass is 35.5. The lowest BCUT2D eigenvalue weighted by Gasteiger charge is -2.40. The number of amides is 1.